The summed E-state index contributed by atoms with van der Waals surface area (Å²) in [7, 11) is 0. The molecule has 0 radical (unpaired) electrons. The number of hydrogen-bond donors (Lipinski definition) is 3. The molecule has 20 heavy (non-hydrogen) atoms. The molecule has 1 unspecified atom stereocenters. The zero-order valence-corrected chi connectivity index (χ0v) is 12.4. The smallest absolute Gasteiger partial charge is 0.343 e. The van der Waals surface area contributed by atoms with Crippen LogP contribution in [0, 0.1) is 0 Å². The minimum atomic E-state index is -0.314. The Bertz CT molecular complexity index is 508. The Morgan fingerprint density at radius 3 is 3.00 bits per heavy atom. The van der Waals surface area contributed by atoms with Crippen molar-refractivity contribution in [2.75, 3.05) is 5.75 Å². The summed E-state index contributed by atoms with van der Waals surface area (Å²) in [5.41, 5.74) is 5.20. The van der Waals surface area contributed by atoms with Gasteiger partial charge >= 0.3 is 5.69 Å². The fourth-order valence-corrected chi connectivity index (χ4v) is 2.92. The third kappa shape index (κ3) is 4.11. The van der Waals surface area contributed by atoms with E-state index in [4.69, 9.17) is 5.73 Å². The molecule has 1 aliphatic rings. The molecule has 1 aromatic rings. The zero-order valence-electron chi connectivity index (χ0n) is 11.6. The summed E-state index contributed by atoms with van der Waals surface area (Å²) < 4.78 is 1.62. The van der Waals surface area contributed by atoms with E-state index in [1.54, 1.807) is 4.57 Å². The Morgan fingerprint density at radius 2 is 2.40 bits per heavy atom. The van der Waals surface area contributed by atoms with Crippen molar-refractivity contribution in [1.82, 2.24) is 20.1 Å². The Balaban J connectivity index is 1.84. The summed E-state index contributed by atoms with van der Waals surface area (Å²) in [6.45, 7) is 2.66. The first kappa shape index (κ1) is 15.1. The van der Waals surface area contributed by atoms with Gasteiger partial charge in [0.15, 0.2) is 5.16 Å². The second-order valence-corrected chi connectivity index (χ2v) is 6.06. The lowest BCUT2D eigenvalue weighted by molar-refractivity contribution is -0.120. The molecule has 1 saturated carbocycles. The van der Waals surface area contributed by atoms with Crippen LogP contribution in [0.2, 0.25) is 0 Å². The van der Waals surface area contributed by atoms with Gasteiger partial charge in [0.25, 0.3) is 0 Å². The van der Waals surface area contributed by atoms with Crippen LogP contribution >= 0.6 is 11.8 Å². The number of rotatable bonds is 9. The van der Waals surface area contributed by atoms with E-state index < -0.39 is 0 Å². The molecule has 0 saturated heterocycles. The quantitative estimate of drug-likeness (QED) is 0.560. The van der Waals surface area contributed by atoms with E-state index in [1.165, 1.54) is 11.8 Å². The van der Waals surface area contributed by atoms with Crippen molar-refractivity contribution in [1.29, 1.82) is 0 Å². The number of aromatic nitrogens is 3. The average Bonchev–Trinajstić information content (AvgIpc) is 3.16. The van der Waals surface area contributed by atoms with E-state index in [-0.39, 0.29) is 17.6 Å². The molecule has 1 atom stereocenters. The molecular weight excluding hydrogens is 278 g/mol. The van der Waals surface area contributed by atoms with Crippen LogP contribution in [0.4, 0.5) is 0 Å². The molecule has 7 nitrogen and oxygen atoms in total. The van der Waals surface area contributed by atoms with Gasteiger partial charge in [0.1, 0.15) is 0 Å². The summed E-state index contributed by atoms with van der Waals surface area (Å²) in [6, 6.07) is 0.154. The van der Waals surface area contributed by atoms with Crippen LogP contribution in [0.5, 0.6) is 0 Å². The van der Waals surface area contributed by atoms with Gasteiger partial charge in [0.05, 0.1) is 6.04 Å². The van der Waals surface area contributed by atoms with Crippen LogP contribution in [0.15, 0.2) is 9.95 Å². The maximum absolute atomic E-state index is 11.5. The molecule has 0 bridgehead atoms. The molecule has 1 aliphatic carbocycles. The summed E-state index contributed by atoms with van der Waals surface area (Å²) in [4.78, 5) is 22.9. The van der Waals surface area contributed by atoms with Crippen molar-refractivity contribution < 1.29 is 4.79 Å². The Hall–Kier alpha value is -1.28. The van der Waals surface area contributed by atoms with E-state index in [2.05, 4.69) is 15.5 Å². The van der Waals surface area contributed by atoms with Crippen molar-refractivity contribution >= 4 is 17.7 Å². The number of carbonyl (C=O) groups excluding carboxylic acids is 1. The maximum Gasteiger partial charge on any atom is 0.343 e. The van der Waals surface area contributed by atoms with E-state index >= 15 is 0 Å². The number of H-pyrrole nitrogens is 1. The molecule has 0 spiro atoms. The highest BCUT2D eigenvalue weighted by Crippen LogP contribution is 2.21. The van der Waals surface area contributed by atoms with Gasteiger partial charge in [0.2, 0.25) is 5.91 Å². The van der Waals surface area contributed by atoms with Gasteiger partial charge in [-0.3, -0.25) is 9.36 Å². The van der Waals surface area contributed by atoms with Gasteiger partial charge in [0, 0.05) is 18.3 Å². The highest BCUT2D eigenvalue weighted by molar-refractivity contribution is 7.99. The van der Waals surface area contributed by atoms with Crippen LogP contribution < -0.4 is 16.7 Å². The minimum absolute atomic E-state index is 0.183. The number of thioether (sulfide) groups is 1. The first-order valence-electron chi connectivity index (χ1n) is 6.95. The fourth-order valence-electron chi connectivity index (χ4n) is 1.94. The van der Waals surface area contributed by atoms with Crippen molar-refractivity contribution in [2.24, 2.45) is 5.73 Å². The molecule has 112 valence electrons. The first-order chi connectivity index (χ1) is 9.61. The SMILES string of the molecule is CCCn1c(SCCC(NC2CC2)C(N)=O)n[nH]c1=O. The summed E-state index contributed by atoms with van der Waals surface area (Å²) >= 11 is 1.47. The molecule has 0 aliphatic heterocycles. The van der Waals surface area contributed by atoms with Gasteiger partial charge in [-0.1, -0.05) is 18.7 Å². The molecule has 4 N–H and O–H groups in total. The average molecular weight is 299 g/mol. The lowest BCUT2D eigenvalue weighted by atomic mass is 10.2. The molecule has 1 aromatic heterocycles. The van der Waals surface area contributed by atoms with Crippen LogP contribution in [-0.2, 0) is 11.3 Å². The minimum Gasteiger partial charge on any atom is -0.368 e. The number of nitrogens with zero attached hydrogens (tertiary/aromatic N) is 2. The lowest BCUT2D eigenvalue weighted by Gasteiger charge is -2.14. The summed E-state index contributed by atoms with van der Waals surface area (Å²) in [5, 5.41) is 10.4. The number of nitrogens with one attached hydrogen (secondary N) is 2. The topological polar surface area (TPSA) is 106 Å². The van der Waals surface area contributed by atoms with Gasteiger partial charge in [-0.15, -0.1) is 5.10 Å². The maximum atomic E-state index is 11.5. The van der Waals surface area contributed by atoms with Crippen molar-refractivity contribution in [3.05, 3.63) is 10.5 Å². The summed E-state index contributed by atoms with van der Waals surface area (Å²) in [6.07, 6.45) is 3.75. The molecule has 8 heteroatoms. The monoisotopic (exact) mass is 299 g/mol. The molecule has 1 heterocycles. The number of primary amides is 1. The van der Waals surface area contributed by atoms with Gasteiger partial charge in [-0.05, 0) is 25.7 Å². The lowest BCUT2D eigenvalue weighted by Crippen LogP contribution is -2.42. The van der Waals surface area contributed by atoms with Crippen LogP contribution in [0.25, 0.3) is 0 Å². The van der Waals surface area contributed by atoms with Crippen molar-refractivity contribution in [2.45, 2.75) is 56.4 Å². The first-order valence-corrected chi connectivity index (χ1v) is 7.93. The standard InChI is InChI=1S/C12H21N5O2S/c1-2-6-17-11(19)15-16-12(17)20-7-5-9(10(13)18)14-8-3-4-8/h8-9,14H,2-7H2,1H3,(H2,13,18)(H,15,19). The second kappa shape index (κ2) is 6.94. The Morgan fingerprint density at radius 1 is 1.65 bits per heavy atom. The van der Waals surface area contributed by atoms with Gasteiger partial charge < -0.3 is 11.1 Å². The van der Waals surface area contributed by atoms with E-state index in [0.717, 1.165) is 19.3 Å². The Labute approximate surface area is 121 Å². The van der Waals surface area contributed by atoms with Crippen molar-refractivity contribution in [3.8, 4) is 0 Å². The highest BCUT2D eigenvalue weighted by Gasteiger charge is 2.27. The third-order valence-corrected chi connectivity index (χ3v) is 4.18. The summed E-state index contributed by atoms with van der Waals surface area (Å²) in [5.74, 6) is 0.381. The molecular formula is C12H21N5O2S. The molecule has 1 fully saturated rings. The fraction of sp³-hybridized carbons (Fsp3) is 0.750. The molecule has 2 rings (SSSR count). The second-order valence-electron chi connectivity index (χ2n) is 5.00. The van der Waals surface area contributed by atoms with E-state index in [1.807, 2.05) is 6.92 Å². The van der Waals surface area contributed by atoms with Crippen LogP contribution in [-0.4, -0.2) is 38.5 Å². The molecule has 0 aromatic carbocycles. The Kier molecular flexibility index (Phi) is 5.24. The van der Waals surface area contributed by atoms with Gasteiger partial charge in [-0.25, -0.2) is 9.89 Å². The number of aromatic amines is 1. The largest absolute Gasteiger partial charge is 0.368 e. The van der Waals surface area contributed by atoms with Gasteiger partial charge in [-0.2, -0.15) is 0 Å². The van der Waals surface area contributed by atoms with E-state index in [0.29, 0.717) is 29.9 Å². The number of nitrogens with two attached hydrogens (primary N) is 1. The number of carbonyl (C=O) groups is 1. The van der Waals surface area contributed by atoms with Crippen LogP contribution in [0.3, 0.4) is 0 Å². The van der Waals surface area contributed by atoms with Crippen molar-refractivity contribution in [3.63, 3.8) is 0 Å². The van der Waals surface area contributed by atoms with Crippen LogP contribution in [0.1, 0.15) is 32.6 Å². The normalized spacial score (nSPS) is 16.2. The predicted octanol–water partition coefficient (Wildman–Crippen LogP) is 0.0695. The zero-order chi connectivity index (χ0) is 14.5. The highest BCUT2D eigenvalue weighted by atomic mass is 32.2. The third-order valence-electron chi connectivity index (χ3n) is 3.17. The predicted molar refractivity (Wildman–Crippen MR) is 77.6 cm³/mol. The number of amides is 1. The number of hydrogen-bond acceptors (Lipinski definition) is 5. The molecule has 1 amide bonds. The van der Waals surface area contributed by atoms with E-state index in [9.17, 15) is 9.59 Å².